The van der Waals surface area contributed by atoms with Gasteiger partial charge in [0, 0.05) is 16.2 Å². The van der Waals surface area contributed by atoms with E-state index in [4.69, 9.17) is 5.73 Å². The van der Waals surface area contributed by atoms with Crippen molar-refractivity contribution in [2.75, 3.05) is 0 Å². The third kappa shape index (κ3) is 2.98. The number of benzene rings is 1. The van der Waals surface area contributed by atoms with Gasteiger partial charge in [-0.2, -0.15) is 0 Å². The van der Waals surface area contributed by atoms with E-state index >= 15 is 0 Å². The highest BCUT2D eigenvalue weighted by Gasteiger charge is 2.26. The van der Waals surface area contributed by atoms with Gasteiger partial charge in [-0.3, -0.25) is 0 Å². The molecule has 2 rings (SSSR count). The lowest BCUT2D eigenvalue weighted by Crippen LogP contribution is -2.37. The molecule has 0 bridgehead atoms. The first-order chi connectivity index (χ1) is 7.65. The Balaban J connectivity index is 2.02. The Kier molecular flexibility index (Phi) is 3.87. The first kappa shape index (κ1) is 11.9. The van der Waals surface area contributed by atoms with Crippen molar-refractivity contribution in [1.29, 1.82) is 0 Å². The van der Waals surface area contributed by atoms with Crippen LogP contribution in [0.25, 0.3) is 0 Å². The van der Waals surface area contributed by atoms with Crippen LogP contribution in [0.4, 0.5) is 4.39 Å². The van der Waals surface area contributed by atoms with Crippen LogP contribution in [0, 0.1) is 11.7 Å². The maximum atomic E-state index is 13.1. The van der Waals surface area contributed by atoms with Gasteiger partial charge in [-0.25, -0.2) is 4.39 Å². The molecule has 3 unspecified atom stereocenters. The topological polar surface area (TPSA) is 26.0 Å². The third-order valence-electron chi connectivity index (χ3n) is 3.19. The molecule has 1 aliphatic rings. The summed E-state index contributed by atoms with van der Waals surface area (Å²) in [7, 11) is 0. The molecule has 16 heavy (non-hydrogen) atoms. The van der Waals surface area contributed by atoms with Crippen LogP contribution in [-0.4, -0.2) is 11.3 Å². The number of hydrogen-bond donors (Lipinski definition) is 1. The van der Waals surface area contributed by atoms with Crippen molar-refractivity contribution >= 4 is 11.8 Å². The minimum absolute atomic E-state index is 0.164. The van der Waals surface area contributed by atoms with Gasteiger partial charge in [-0.1, -0.05) is 13.0 Å². The third-order valence-corrected chi connectivity index (χ3v) is 4.56. The minimum atomic E-state index is -0.164. The lowest BCUT2D eigenvalue weighted by molar-refractivity contribution is 0.357. The van der Waals surface area contributed by atoms with Crippen LogP contribution >= 0.6 is 11.8 Å². The van der Waals surface area contributed by atoms with E-state index in [2.05, 4.69) is 6.92 Å². The summed E-state index contributed by atoms with van der Waals surface area (Å²) in [6.07, 6.45) is 3.46. The smallest absolute Gasteiger partial charge is 0.124 e. The predicted molar refractivity (Wildman–Crippen MR) is 67.0 cm³/mol. The van der Waals surface area contributed by atoms with Gasteiger partial charge in [0.15, 0.2) is 0 Å². The van der Waals surface area contributed by atoms with Crippen molar-refractivity contribution in [3.05, 3.63) is 30.1 Å². The molecule has 1 nitrogen and oxygen atoms in total. The second-order valence-corrected chi connectivity index (χ2v) is 6.01. The molecule has 1 saturated carbocycles. The quantitative estimate of drug-likeness (QED) is 0.855. The molecule has 0 amide bonds. The van der Waals surface area contributed by atoms with E-state index in [1.54, 1.807) is 23.9 Å². The number of rotatable bonds is 2. The monoisotopic (exact) mass is 239 g/mol. The van der Waals surface area contributed by atoms with Crippen LogP contribution in [0.1, 0.15) is 26.2 Å². The molecule has 88 valence electrons. The number of thioether (sulfide) groups is 1. The highest BCUT2D eigenvalue weighted by atomic mass is 32.2. The minimum Gasteiger partial charge on any atom is -0.327 e. The van der Waals surface area contributed by atoms with E-state index < -0.39 is 0 Å². The average Bonchev–Trinajstić information content (AvgIpc) is 2.24. The molecule has 3 atom stereocenters. The van der Waals surface area contributed by atoms with Crippen LogP contribution < -0.4 is 5.73 Å². The Bertz CT molecular complexity index is 356. The first-order valence-electron chi connectivity index (χ1n) is 5.83. The van der Waals surface area contributed by atoms with E-state index in [-0.39, 0.29) is 11.9 Å². The SMILES string of the molecule is CC1CCC(N)C(Sc2cccc(F)c2)C1. The molecule has 1 fully saturated rings. The largest absolute Gasteiger partial charge is 0.327 e. The molecular formula is C13H18FNS. The van der Waals surface area contributed by atoms with E-state index in [1.807, 2.05) is 6.07 Å². The normalized spacial score (nSPS) is 30.3. The van der Waals surface area contributed by atoms with Gasteiger partial charge in [-0.05, 0) is 43.4 Å². The van der Waals surface area contributed by atoms with Gasteiger partial charge in [0.05, 0.1) is 0 Å². The van der Waals surface area contributed by atoms with Crippen molar-refractivity contribution in [2.45, 2.75) is 42.4 Å². The number of halogens is 1. The molecule has 2 N–H and O–H groups in total. The molecule has 0 spiro atoms. The number of nitrogens with two attached hydrogens (primary N) is 1. The molecule has 0 heterocycles. The van der Waals surface area contributed by atoms with Gasteiger partial charge in [0.25, 0.3) is 0 Å². The summed E-state index contributed by atoms with van der Waals surface area (Å²) in [5, 5.41) is 0.436. The summed E-state index contributed by atoms with van der Waals surface area (Å²) >= 11 is 1.73. The molecular weight excluding hydrogens is 221 g/mol. The van der Waals surface area contributed by atoms with Gasteiger partial charge in [0.1, 0.15) is 5.82 Å². The molecule has 0 aliphatic heterocycles. The van der Waals surface area contributed by atoms with Crippen LogP contribution in [0.2, 0.25) is 0 Å². The summed E-state index contributed by atoms with van der Waals surface area (Å²) in [5.74, 6) is 0.577. The molecule has 3 heteroatoms. The molecule has 0 saturated heterocycles. The van der Waals surface area contributed by atoms with Gasteiger partial charge in [-0.15, -0.1) is 11.8 Å². The zero-order chi connectivity index (χ0) is 11.5. The van der Waals surface area contributed by atoms with Crippen LogP contribution in [0.15, 0.2) is 29.2 Å². The second-order valence-electron chi connectivity index (χ2n) is 4.70. The van der Waals surface area contributed by atoms with Crippen LogP contribution in [-0.2, 0) is 0 Å². The highest BCUT2D eigenvalue weighted by molar-refractivity contribution is 8.00. The molecule has 1 aliphatic carbocycles. The standard InChI is InChI=1S/C13H18FNS/c1-9-5-6-12(15)13(7-9)16-11-4-2-3-10(14)8-11/h2-4,8-9,12-13H,5-7,15H2,1H3. The lowest BCUT2D eigenvalue weighted by atomic mass is 9.87. The number of hydrogen-bond acceptors (Lipinski definition) is 2. The molecule has 1 aromatic rings. The fourth-order valence-corrected chi connectivity index (χ4v) is 3.63. The van der Waals surface area contributed by atoms with Crippen molar-refractivity contribution in [3.63, 3.8) is 0 Å². The fraction of sp³-hybridized carbons (Fsp3) is 0.538. The lowest BCUT2D eigenvalue weighted by Gasteiger charge is -2.32. The Hall–Kier alpha value is -0.540. The molecule has 1 aromatic carbocycles. The Labute approximate surface area is 101 Å². The van der Waals surface area contributed by atoms with Crippen molar-refractivity contribution in [1.82, 2.24) is 0 Å². The molecule has 0 aromatic heterocycles. The van der Waals surface area contributed by atoms with Crippen LogP contribution in [0.5, 0.6) is 0 Å². The Morgan fingerprint density at radius 1 is 1.38 bits per heavy atom. The second kappa shape index (κ2) is 5.19. The van der Waals surface area contributed by atoms with Gasteiger partial charge >= 0.3 is 0 Å². The van der Waals surface area contributed by atoms with E-state index in [0.717, 1.165) is 23.7 Å². The van der Waals surface area contributed by atoms with Crippen LogP contribution in [0.3, 0.4) is 0 Å². The summed E-state index contributed by atoms with van der Waals surface area (Å²) in [6, 6.07) is 7.05. The van der Waals surface area contributed by atoms with Gasteiger partial charge < -0.3 is 5.73 Å². The maximum absolute atomic E-state index is 13.1. The van der Waals surface area contributed by atoms with Crippen molar-refractivity contribution < 1.29 is 4.39 Å². The fourth-order valence-electron chi connectivity index (χ4n) is 2.20. The highest BCUT2D eigenvalue weighted by Crippen LogP contribution is 2.35. The summed E-state index contributed by atoms with van der Waals surface area (Å²) in [4.78, 5) is 0.995. The van der Waals surface area contributed by atoms with Crippen molar-refractivity contribution in [2.24, 2.45) is 11.7 Å². The summed E-state index contributed by atoms with van der Waals surface area (Å²) < 4.78 is 13.1. The van der Waals surface area contributed by atoms with E-state index in [0.29, 0.717) is 5.25 Å². The summed E-state index contributed by atoms with van der Waals surface area (Å²) in [6.45, 7) is 2.27. The predicted octanol–water partition coefficient (Wildman–Crippen LogP) is 3.43. The first-order valence-corrected chi connectivity index (χ1v) is 6.71. The van der Waals surface area contributed by atoms with Gasteiger partial charge in [0.2, 0.25) is 0 Å². The average molecular weight is 239 g/mol. The Morgan fingerprint density at radius 3 is 2.94 bits per heavy atom. The van der Waals surface area contributed by atoms with E-state index in [9.17, 15) is 4.39 Å². The van der Waals surface area contributed by atoms with E-state index in [1.165, 1.54) is 12.5 Å². The zero-order valence-electron chi connectivity index (χ0n) is 9.53. The summed E-state index contributed by atoms with van der Waals surface area (Å²) in [5.41, 5.74) is 6.11. The maximum Gasteiger partial charge on any atom is 0.124 e. The zero-order valence-corrected chi connectivity index (χ0v) is 10.3. The van der Waals surface area contributed by atoms with Crippen molar-refractivity contribution in [3.8, 4) is 0 Å². The Morgan fingerprint density at radius 2 is 2.19 bits per heavy atom. The molecule has 0 radical (unpaired) electrons.